The molecule has 1 aliphatic heterocycles. The summed E-state index contributed by atoms with van der Waals surface area (Å²) in [5, 5.41) is 12.8. The Morgan fingerprint density at radius 1 is 1.37 bits per heavy atom. The predicted octanol–water partition coefficient (Wildman–Crippen LogP) is 6.11. The van der Waals surface area contributed by atoms with Gasteiger partial charge < -0.3 is 0 Å². The Bertz CT molecular complexity index is 834. The van der Waals surface area contributed by atoms with Crippen molar-refractivity contribution in [3.05, 3.63) is 51.9 Å². The molecule has 0 bridgehead atoms. The minimum Gasteiger partial charge on any atom is -0.297 e. The van der Waals surface area contributed by atoms with Crippen molar-refractivity contribution in [3.8, 4) is 0 Å². The summed E-state index contributed by atoms with van der Waals surface area (Å²) in [5.74, 6) is 1.10. The molecule has 1 aromatic heterocycles. The smallest absolute Gasteiger partial charge is 0.297 e. The fourth-order valence-corrected chi connectivity index (χ4v) is 4.65. The molecule has 0 saturated carbocycles. The van der Waals surface area contributed by atoms with Gasteiger partial charge in [0.15, 0.2) is 0 Å². The molecule has 1 N–H and O–H groups in total. The molecular formula is C20H24ClN3OS2. The van der Waals surface area contributed by atoms with E-state index in [4.69, 9.17) is 16.7 Å². The van der Waals surface area contributed by atoms with Crippen molar-refractivity contribution >= 4 is 51.4 Å². The first-order valence-electron chi connectivity index (χ1n) is 8.89. The number of halogens is 1. The number of hydrazone groups is 1. The maximum atomic E-state index is 12.8. The quantitative estimate of drug-likeness (QED) is 0.571. The summed E-state index contributed by atoms with van der Waals surface area (Å²) in [7, 11) is 0. The van der Waals surface area contributed by atoms with E-state index in [1.807, 2.05) is 54.4 Å². The van der Waals surface area contributed by atoms with Crippen LogP contribution < -0.4 is 5.32 Å². The molecule has 144 valence electrons. The lowest BCUT2D eigenvalue weighted by Crippen LogP contribution is -2.35. The SMILES string of the molecule is CSCCCC1(C)CN(C(=O)Nc2sccc2C)N=C1c1ccc(Cl)cc1. The maximum Gasteiger partial charge on any atom is 0.342 e. The number of carbonyl (C=O) groups excluding carboxylic acids is 1. The summed E-state index contributed by atoms with van der Waals surface area (Å²) in [4.78, 5) is 12.8. The van der Waals surface area contributed by atoms with Crippen molar-refractivity contribution in [2.45, 2.75) is 26.7 Å². The molecule has 3 rings (SSSR count). The van der Waals surface area contributed by atoms with Crippen LogP contribution >= 0.6 is 34.7 Å². The van der Waals surface area contributed by atoms with Gasteiger partial charge in [-0.1, -0.05) is 30.7 Å². The zero-order valence-corrected chi connectivity index (χ0v) is 18.2. The van der Waals surface area contributed by atoms with Gasteiger partial charge in [-0.25, -0.2) is 9.80 Å². The largest absolute Gasteiger partial charge is 0.342 e. The van der Waals surface area contributed by atoms with E-state index in [1.54, 1.807) is 5.01 Å². The number of benzene rings is 1. The monoisotopic (exact) mass is 421 g/mol. The highest BCUT2D eigenvalue weighted by molar-refractivity contribution is 7.98. The number of hydrogen-bond acceptors (Lipinski definition) is 4. The highest BCUT2D eigenvalue weighted by Gasteiger charge is 2.41. The molecule has 4 nitrogen and oxygen atoms in total. The van der Waals surface area contributed by atoms with Crippen molar-refractivity contribution in [1.29, 1.82) is 0 Å². The predicted molar refractivity (Wildman–Crippen MR) is 118 cm³/mol. The number of amides is 2. The number of nitrogens with one attached hydrogen (secondary N) is 1. The van der Waals surface area contributed by atoms with Crippen LogP contribution in [-0.2, 0) is 0 Å². The molecule has 1 aliphatic rings. The van der Waals surface area contributed by atoms with E-state index in [2.05, 4.69) is 18.5 Å². The third kappa shape index (κ3) is 4.68. The van der Waals surface area contributed by atoms with Crippen molar-refractivity contribution in [3.63, 3.8) is 0 Å². The van der Waals surface area contributed by atoms with E-state index in [0.717, 1.165) is 40.4 Å². The van der Waals surface area contributed by atoms with Crippen LogP contribution in [0.1, 0.15) is 30.9 Å². The summed E-state index contributed by atoms with van der Waals surface area (Å²) in [6, 6.07) is 9.54. The van der Waals surface area contributed by atoms with Gasteiger partial charge in [-0.15, -0.1) is 11.3 Å². The molecule has 1 atom stereocenters. The van der Waals surface area contributed by atoms with Gasteiger partial charge >= 0.3 is 6.03 Å². The Hall–Kier alpha value is -1.50. The lowest BCUT2D eigenvalue weighted by molar-refractivity contribution is 0.206. The van der Waals surface area contributed by atoms with E-state index in [9.17, 15) is 4.79 Å². The van der Waals surface area contributed by atoms with Crippen molar-refractivity contribution in [2.24, 2.45) is 10.5 Å². The highest BCUT2D eigenvalue weighted by Crippen LogP contribution is 2.36. The van der Waals surface area contributed by atoms with Crippen molar-refractivity contribution in [1.82, 2.24) is 5.01 Å². The molecule has 0 radical (unpaired) electrons. The zero-order chi connectivity index (χ0) is 19.4. The maximum absolute atomic E-state index is 12.8. The molecule has 2 aromatic rings. The first-order chi connectivity index (χ1) is 12.9. The number of rotatable bonds is 6. The zero-order valence-electron chi connectivity index (χ0n) is 15.8. The van der Waals surface area contributed by atoms with E-state index in [-0.39, 0.29) is 11.4 Å². The Morgan fingerprint density at radius 2 is 2.11 bits per heavy atom. The number of urea groups is 1. The van der Waals surface area contributed by atoms with Crippen LogP contribution in [0.15, 0.2) is 40.8 Å². The van der Waals surface area contributed by atoms with Gasteiger partial charge in [-0.05, 0) is 66.5 Å². The van der Waals surface area contributed by atoms with E-state index < -0.39 is 0 Å². The molecule has 0 fully saturated rings. The number of carbonyl (C=O) groups is 1. The van der Waals surface area contributed by atoms with Gasteiger partial charge in [0, 0.05) is 10.4 Å². The average molecular weight is 422 g/mol. The third-order valence-corrected chi connectivity index (χ3v) is 6.68. The Morgan fingerprint density at radius 3 is 2.74 bits per heavy atom. The molecule has 0 saturated heterocycles. The topological polar surface area (TPSA) is 44.7 Å². The normalized spacial score (nSPS) is 19.3. The number of aryl methyl sites for hydroxylation is 1. The van der Waals surface area contributed by atoms with Crippen LogP contribution in [0.3, 0.4) is 0 Å². The molecular weight excluding hydrogens is 398 g/mol. The van der Waals surface area contributed by atoms with Crippen molar-refractivity contribution < 1.29 is 4.79 Å². The summed E-state index contributed by atoms with van der Waals surface area (Å²) in [6.07, 6.45) is 4.19. The highest BCUT2D eigenvalue weighted by atomic mass is 35.5. The minimum absolute atomic E-state index is 0.175. The van der Waals surface area contributed by atoms with Gasteiger partial charge in [0.25, 0.3) is 0 Å². The standard InChI is InChI=1S/C20H24ClN3OS2/c1-14-9-12-27-18(14)22-19(25)24-13-20(2,10-4-11-26-3)17(23-24)15-5-7-16(21)8-6-15/h5-9,12H,4,10-11,13H2,1-3H3,(H,22,25). The van der Waals surface area contributed by atoms with Crippen LogP contribution in [0.5, 0.6) is 0 Å². The van der Waals surface area contributed by atoms with Gasteiger partial charge in [0.05, 0.1) is 17.3 Å². The summed E-state index contributed by atoms with van der Waals surface area (Å²) in [5.41, 5.74) is 2.87. The summed E-state index contributed by atoms with van der Waals surface area (Å²) in [6.45, 7) is 4.77. The van der Waals surface area contributed by atoms with Crippen LogP contribution in [0, 0.1) is 12.3 Å². The summed E-state index contributed by atoms with van der Waals surface area (Å²) < 4.78 is 0. The lowest BCUT2D eigenvalue weighted by atomic mass is 9.78. The van der Waals surface area contributed by atoms with E-state index >= 15 is 0 Å². The molecule has 1 aromatic carbocycles. The Kier molecular flexibility index (Phi) is 6.50. The molecule has 7 heteroatoms. The van der Waals surface area contributed by atoms with Gasteiger partial charge in [-0.2, -0.15) is 16.9 Å². The second kappa shape index (κ2) is 8.67. The van der Waals surface area contributed by atoms with Crippen LogP contribution in [-0.4, -0.2) is 35.3 Å². The van der Waals surface area contributed by atoms with Crippen LogP contribution in [0.2, 0.25) is 5.02 Å². The molecule has 2 heterocycles. The Balaban J connectivity index is 1.84. The fourth-order valence-electron chi connectivity index (χ4n) is 3.28. The van der Waals surface area contributed by atoms with Crippen LogP contribution in [0.25, 0.3) is 0 Å². The number of thioether (sulfide) groups is 1. The molecule has 1 unspecified atom stereocenters. The number of thiophene rings is 1. The van der Waals surface area contributed by atoms with Crippen molar-refractivity contribution in [2.75, 3.05) is 23.9 Å². The molecule has 27 heavy (non-hydrogen) atoms. The average Bonchev–Trinajstić information content (AvgIpc) is 3.20. The van der Waals surface area contributed by atoms with E-state index in [1.165, 1.54) is 11.3 Å². The fraction of sp³-hybridized carbons (Fsp3) is 0.400. The lowest BCUT2D eigenvalue weighted by Gasteiger charge is -2.26. The number of hydrogen-bond donors (Lipinski definition) is 1. The molecule has 2 amide bonds. The van der Waals surface area contributed by atoms with Crippen LogP contribution in [0.4, 0.5) is 9.80 Å². The van der Waals surface area contributed by atoms with E-state index in [0.29, 0.717) is 11.6 Å². The number of anilines is 1. The first-order valence-corrected chi connectivity index (χ1v) is 11.5. The summed E-state index contributed by atoms with van der Waals surface area (Å²) >= 11 is 9.42. The second-order valence-electron chi connectivity index (χ2n) is 7.03. The molecule has 0 spiro atoms. The second-order valence-corrected chi connectivity index (χ2v) is 9.37. The number of nitrogens with zero attached hydrogens (tertiary/aromatic N) is 2. The third-order valence-electron chi connectivity index (χ3n) is 4.80. The van der Waals surface area contributed by atoms with Gasteiger partial charge in [-0.3, -0.25) is 5.32 Å². The first kappa shape index (κ1) is 20.2. The Labute approximate surface area is 174 Å². The van der Waals surface area contributed by atoms with Gasteiger partial charge in [0.1, 0.15) is 0 Å². The molecule has 0 aliphatic carbocycles. The van der Waals surface area contributed by atoms with Gasteiger partial charge in [0.2, 0.25) is 0 Å². The minimum atomic E-state index is -0.180.